The molecule has 5 amide bonds. The molecule has 3 fully saturated rings. The highest BCUT2D eigenvalue weighted by Crippen LogP contribution is 2.65. The summed E-state index contributed by atoms with van der Waals surface area (Å²) in [6.07, 6.45) is 5.23. The van der Waals surface area contributed by atoms with E-state index in [0.29, 0.717) is 26.2 Å². The molecule has 0 bridgehead atoms. The summed E-state index contributed by atoms with van der Waals surface area (Å²) in [6, 6.07) is -3.24. The number of carbonyl (C=O) groups excluding carboxylic acids is 5. The highest BCUT2D eigenvalue weighted by atomic mass is 16.5. The lowest BCUT2D eigenvalue weighted by molar-refractivity contribution is -0.145. The molecule has 3 aliphatic rings. The van der Waals surface area contributed by atoms with E-state index in [1.165, 1.54) is 0 Å². The van der Waals surface area contributed by atoms with Crippen LogP contribution in [0.2, 0.25) is 0 Å². The molecule has 2 aliphatic carbocycles. The molecule has 3 unspecified atom stereocenters. The van der Waals surface area contributed by atoms with Gasteiger partial charge in [0.2, 0.25) is 17.6 Å². The molecule has 0 radical (unpaired) electrons. The summed E-state index contributed by atoms with van der Waals surface area (Å²) in [6.45, 7) is 16.8. The number of rotatable bonds is 14. The van der Waals surface area contributed by atoms with E-state index in [1.54, 1.807) is 4.90 Å². The minimum Gasteiger partial charge on any atom is -0.379 e. The fraction of sp³-hybridized carbons (Fsp3) is 0.839. The van der Waals surface area contributed by atoms with Gasteiger partial charge < -0.3 is 31.3 Å². The number of carbonyl (C=O) groups is 5. The smallest absolute Gasteiger partial charge is 0.315 e. The summed E-state index contributed by atoms with van der Waals surface area (Å²) in [4.78, 5) is 67.0. The van der Waals surface area contributed by atoms with Gasteiger partial charge in [-0.2, -0.15) is 0 Å². The van der Waals surface area contributed by atoms with Crippen LogP contribution in [0.25, 0.3) is 0 Å². The predicted molar refractivity (Wildman–Crippen MR) is 159 cm³/mol. The Morgan fingerprint density at radius 3 is 2.21 bits per heavy atom. The molecule has 1 heterocycles. The van der Waals surface area contributed by atoms with Crippen LogP contribution in [-0.4, -0.2) is 77.9 Å². The molecular formula is C31H53N5O6. The zero-order chi connectivity index (χ0) is 31.6. The van der Waals surface area contributed by atoms with Crippen molar-refractivity contribution in [3.05, 3.63) is 0 Å². The first-order valence-electron chi connectivity index (χ1n) is 15.5. The lowest BCUT2D eigenvalue weighted by Gasteiger charge is -2.38. The number of piperidine rings is 1. The lowest BCUT2D eigenvalue weighted by Crippen LogP contribution is -2.62. The van der Waals surface area contributed by atoms with Crippen molar-refractivity contribution < 1.29 is 28.7 Å². The van der Waals surface area contributed by atoms with E-state index < -0.39 is 52.7 Å². The maximum Gasteiger partial charge on any atom is 0.315 e. The normalized spacial score (nSPS) is 24.6. The van der Waals surface area contributed by atoms with E-state index in [4.69, 9.17) is 10.5 Å². The topological polar surface area (TPSA) is 160 Å². The Bertz CT molecular complexity index is 1050. The van der Waals surface area contributed by atoms with Gasteiger partial charge in [-0.3, -0.25) is 19.2 Å². The molecule has 2 saturated carbocycles. The van der Waals surface area contributed by atoms with Gasteiger partial charge in [0.1, 0.15) is 12.1 Å². The van der Waals surface area contributed by atoms with Gasteiger partial charge in [-0.05, 0) is 55.3 Å². The first-order chi connectivity index (χ1) is 19.4. The first kappa shape index (κ1) is 33.8. The number of hydrogen-bond donors (Lipinski definition) is 4. The van der Waals surface area contributed by atoms with Crippen molar-refractivity contribution in [2.45, 2.75) is 118 Å². The van der Waals surface area contributed by atoms with E-state index in [9.17, 15) is 24.0 Å². The molecule has 1 saturated heterocycles. The van der Waals surface area contributed by atoms with Crippen LogP contribution < -0.4 is 21.7 Å². The van der Waals surface area contributed by atoms with E-state index in [2.05, 4.69) is 36.7 Å². The predicted octanol–water partition coefficient (Wildman–Crippen LogP) is 2.51. The van der Waals surface area contributed by atoms with Crippen LogP contribution in [0.4, 0.5) is 4.79 Å². The third-order valence-corrected chi connectivity index (χ3v) is 9.38. The third kappa shape index (κ3) is 7.82. The summed E-state index contributed by atoms with van der Waals surface area (Å²) >= 11 is 0. The number of nitrogens with two attached hydrogens (primary N) is 1. The Hall–Kier alpha value is -2.69. The molecule has 3 rings (SSSR count). The van der Waals surface area contributed by atoms with Gasteiger partial charge in [0.05, 0.1) is 18.2 Å². The van der Waals surface area contributed by atoms with Crippen molar-refractivity contribution in [1.82, 2.24) is 20.9 Å². The second-order valence-electron chi connectivity index (χ2n) is 14.9. The second-order valence-corrected chi connectivity index (χ2v) is 14.9. The first-order valence-corrected chi connectivity index (χ1v) is 15.5. The van der Waals surface area contributed by atoms with Gasteiger partial charge in [0.15, 0.2) is 0 Å². The zero-order valence-electron chi connectivity index (χ0n) is 26.8. The Labute approximate surface area is 250 Å². The van der Waals surface area contributed by atoms with E-state index in [1.807, 2.05) is 34.6 Å². The molecule has 238 valence electrons. The molecule has 11 nitrogen and oxygen atoms in total. The van der Waals surface area contributed by atoms with Crippen LogP contribution in [0, 0.1) is 28.6 Å². The van der Waals surface area contributed by atoms with Crippen LogP contribution >= 0.6 is 0 Å². The second kappa shape index (κ2) is 12.9. The monoisotopic (exact) mass is 591 g/mol. The molecule has 1 aliphatic heterocycles. The van der Waals surface area contributed by atoms with Gasteiger partial charge in [-0.25, -0.2) is 4.79 Å². The van der Waals surface area contributed by atoms with Crippen LogP contribution in [0.1, 0.15) is 93.9 Å². The Morgan fingerprint density at radius 1 is 1.05 bits per heavy atom. The number of urea groups is 1. The molecule has 11 heteroatoms. The van der Waals surface area contributed by atoms with Gasteiger partial charge in [-0.15, -0.1) is 0 Å². The fourth-order valence-corrected chi connectivity index (χ4v) is 6.43. The molecule has 0 spiro atoms. The number of amides is 5. The Morgan fingerprint density at radius 2 is 1.69 bits per heavy atom. The lowest BCUT2D eigenvalue weighted by atomic mass is 9.80. The van der Waals surface area contributed by atoms with Crippen LogP contribution in [0.15, 0.2) is 0 Å². The summed E-state index contributed by atoms with van der Waals surface area (Å²) < 4.78 is 5.70. The number of ether oxygens (including phenoxy) is 1. The summed E-state index contributed by atoms with van der Waals surface area (Å²) in [5, 5.41) is 8.59. The maximum atomic E-state index is 14.1. The number of fused-ring (bicyclic) bond motifs is 1. The molecule has 5 atom stereocenters. The number of primary amides is 1. The summed E-state index contributed by atoms with van der Waals surface area (Å²) in [5.74, 6) is -2.43. The minimum absolute atomic E-state index is 0.0943. The number of ketones is 1. The van der Waals surface area contributed by atoms with E-state index in [-0.39, 0.29) is 29.1 Å². The largest absolute Gasteiger partial charge is 0.379 e. The van der Waals surface area contributed by atoms with Crippen LogP contribution in [-0.2, 0) is 23.9 Å². The molecular weight excluding hydrogens is 538 g/mol. The van der Waals surface area contributed by atoms with Gasteiger partial charge in [-0.1, -0.05) is 67.2 Å². The number of unbranched alkanes of at least 4 members (excludes halogenated alkanes) is 1. The standard InChI is InChI=1S/C31H53N5O6/c1-9-10-14-42-17-30(5,6)35-28(41)34-24(29(2,3)4)27(40)36-16-19-21(31(19,7)8)22(36)26(39)33-20(23(37)25(32)38)15-18-12-11-13-18/h18-22,24H,9-17H2,1-8H3,(H2,32,38)(H,33,39)(H2,34,35,41)/t19?,20?,21?,22-,24+/m0/s1. The van der Waals surface area contributed by atoms with Gasteiger partial charge in [0.25, 0.3) is 5.91 Å². The fourth-order valence-electron chi connectivity index (χ4n) is 6.43. The molecule has 0 aromatic rings. The third-order valence-electron chi connectivity index (χ3n) is 9.38. The quantitative estimate of drug-likeness (QED) is 0.179. The number of likely N-dealkylation sites (tertiary alicyclic amines) is 1. The SMILES string of the molecule is CCCCOCC(C)(C)NC(=O)N[C@H](C(=O)N1CC2C([C@H]1C(=O)NC(CC1CCC1)C(=O)C(N)=O)C2(C)C)C(C)(C)C. The van der Waals surface area contributed by atoms with Crippen molar-refractivity contribution in [2.24, 2.45) is 34.3 Å². The van der Waals surface area contributed by atoms with Crippen LogP contribution in [0.5, 0.6) is 0 Å². The molecule has 0 aromatic heterocycles. The average molecular weight is 592 g/mol. The Kier molecular flexibility index (Phi) is 10.4. The number of hydrogen-bond acceptors (Lipinski definition) is 6. The van der Waals surface area contributed by atoms with Crippen molar-refractivity contribution >= 4 is 29.5 Å². The molecule has 0 aromatic carbocycles. The highest BCUT2D eigenvalue weighted by Gasteiger charge is 2.70. The summed E-state index contributed by atoms with van der Waals surface area (Å²) in [5.41, 5.74) is 3.84. The van der Waals surface area contributed by atoms with Crippen molar-refractivity contribution in [3.63, 3.8) is 0 Å². The van der Waals surface area contributed by atoms with Crippen LogP contribution in [0.3, 0.4) is 0 Å². The highest BCUT2D eigenvalue weighted by molar-refractivity contribution is 6.37. The number of nitrogens with zero attached hydrogens (tertiary/aromatic N) is 1. The zero-order valence-corrected chi connectivity index (χ0v) is 26.8. The number of Topliss-reactive ketones (excluding diaryl/α,β-unsaturated/α-hetero) is 1. The van der Waals surface area contributed by atoms with E-state index in [0.717, 1.165) is 32.1 Å². The average Bonchev–Trinajstić information content (AvgIpc) is 3.18. The van der Waals surface area contributed by atoms with Crippen molar-refractivity contribution in [1.29, 1.82) is 0 Å². The Balaban J connectivity index is 1.76. The number of nitrogens with one attached hydrogen (secondary N) is 3. The maximum absolute atomic E-state index is 14.1. The van der Waals surface area contributed by atoms with Gasteiger partial charge in [0, 0.05) is 13.2 Å². The van der Waals surface area contributed by atoms with Crippen molar-refractivity contribution in [2.75, 3.05) is 19.8 Å². The van der Waals surface area contributed by atoms with E-state index >= 15 is 0 Å². The molecule has 5 N–H and O–H groups in total. The molecule has 42 heavy (non-hydrogen) atoms. The summed E-state index contributed by atoms with van der Waals surface area (Å²) in [7, 11) is 0. The van der Waals surface area contributed by atoms with Gasteiger partial charge >= 0.3 is 6.03 Å². The minimum atomic E-state index is -1.08. The van der Waals surface area contributed by atoms with Crippen molar-refractivity contribution in [3.8, 4) is 0 Å².